The molecule has 0 aliphatic heterocycles. The van der Waals surface area contributed by atoms with Gasteiger partial charge in [-0.1, -0.05) is 6.92 Å². The summed E-state index contributed by atoms with van der Waals surface area (Å²) in [6.45, 7) is 3.16. The molecule has 0 saturated carbocycles. The third-order valence-corrected chi connectivity index (χ3v) is 2.42. The molecule has 0 N–H and O–H groups in total. The Bertz CT molecular complexity index is 393. The Hall–Kier alpha value is -1.46. The number of aryl methyl sites for hydroxylation is 1. The van der Waals surface area contributed by atoms with E-state index in [-0.39, 0.29) is 5.75 Å². The van der Waals surface area contributed by atoms with Crippen molar-refractivity contribution in [2.75, 3.05) is 25.1 Å². The van der Waals surface area contributed by atoms with Crippen molar-refractivity contribution < 1.29 is 17.9 Å². The molecule has 1 rings (SSSR count). The van der Waals surface area contributed by atoms with Crippen molar-refractivity contribution in [2.45, 2.75) is 26.4 Å². The van der Waals surface area contributed by atoms with Crippen LogP contribution in [-0.4, -0.2) is 31.4 Å². The Morgan fingerprint density at radius 1 is 1.39 bits per heavy atom. The Morgan fingerprint density at radius 3 is 2.61 bits per heavy atom. The highest BCUT2D eigenvalue weighted by atomic mass is 19.4. The van der Waals surface area contributed by atoms with Crippen molar-refractivity contribution >= 4 is 5.69 Å². The minimum atomic E-state index is -4.34. The lowest BCUT2D eigenvalue weighted by atomic mass is 10.3. The molecule has 0 fully saturated rings. The van der Waals surface area contributed by atoms with Crippen molar-refractivity contribution in [3.63, 3.8) is 0 Å². The van der Waals surface area contributed by atoms with Gasteiger partial charge in [0, 0.05) is 19.7 Å². The van der Waals surface area contributed by atoms with Crippen LogP contribution in [0.3, 0.4) is 0 Å². The molecule has 18 heavy (non-hydrogen) atoms. The van der Waals surface area contributed by atoms with Crippen LogP contribution in [0, 0.1) is 6.92 Å². The van der Waals surface area contributed by atoms with Crippen molar-refractivity contribution in [1.82, 2.24) is 4.98 Å². The monoisotopic (exact) mass is 262 g/mol. The molecule has 3 nitrogen and oxygen atoms in total. The van der Waals surface area contributed by atoms with Crippen LogP contribution in [0.25, 0.3) is 0 Å². The molecule has 6 heteroatoms. The van der Waals surface area contributed by atoms with Crippen molar-refractivity contribution in [3.05, 3.63) is 18.0 Å². The molecule has 1 aromatic rings. The van der Waals surface area contributed by atoms with Gasteiger partial charge < -0.3 is 9.64 Å². The van der Waals surface area contributed by atoms with Gasteiger partial charge in [-0.3, -0.25) is 4.98 Å². The summed E-state index contributed by atoms with van der Waals surface area (Å²) in [6, 6.07) is 1.59. The number of halogens is 3. The summed E-state index contributed by atoms with van der Waals surface area (Å²) < 4.78 is 41.0. The van der Waals surface area contributed by atoms with Gasteiger partial charge in [-0.2, -0.15) is 13.2 Å². The highest BCUT2D eigenvalue weighted by molar-refractivity contribution is 5.49. The first kappa shape index (κ1) is 14.6. The summed E-state index contributed by atoms with van der Waals surface area (Å²) in [5, 5.41) is 0. The predicted octanol–water partition coefficient (Wildman–Crippen LogP) is 3.18. The number of hydrogen-bond acceptors (Lipinski definition) is 3. The van der Waals surface area contributed by atoms with Gasteiger partial charge in [0.25, 0.3) is 0 Å². The molecule has 0 amide bonds. The molecule has 102 valence electrons. The first-order valence-corrected chi connectivity index (χ1v) is 5.71. The zero-order valence-corrected chi connectivity index (χ0v) is 10.7. The number of ether oxygens (including phenoxy) is 1. The number of hydrogen-bond donors (Lipinski definition) is 0. The van der Waals surface area contributed by atoms with Crippen LogP contribution in [0.5, 0.6) is 5.75 Å². The molecule has 1 heterocycles. The van der Waals surface area contributed by atoms with Gasteiger partial charge in [0.2, 0.25) is 0 Å². The van der Waals surface area contributed by atoms with E-state index in [9.17, 15) is 13.2 Å². The second kappa shape index (κ2) is 5.93. The van der Waals surface area contributed by atoms with Gasteiger partial charge in [-0.15, -0.1) is 0 Å². The smallest absolute Gasteiger partial charge is 0.422 e. The van der Waals surface area contributed by atoms with Crippen LogP contribution in [-0.2, 0) is 0 Å². The Balaban J connectivity index is 2.81. The average molecular weight is 262 g/mol. The van der Waals surface area contributed by atoms with Crippen LogP contribution < -0.4 is 9.64 Å². The molecule has 0 saturated heterocycles. The zero-order valence-electron chi connectivity index (χ0n) is 10.7. The minimum Gasteiger partial charge on any atom is -0.482 e. The Morgan fingerprint density at radius 2 is 2.06 bits per heavy atom. The van der Waals surface area contributed by atoms with E-state index in [1.807, 2.05) is 18.9 Å². The second-order valence-corrected chi connectivity index (χ2v) is 4.10. The van der Waals surface area contributed by atoms with E-state index in [0.29, 0.717) is 5.69 Å². The molecule has 0 radical (unpaired) electrons. The Kier molecular flexibility index (Phi) is 4.81. The molecule has 0 bridgehead atoms. The molecule has 0 aliphatic carbocycles. The molecular formula is C12H17F3N2O. The maximum Gasteiger partial charge on any atom is 0.422 e. The second-order valence-electron chi connectivity index (χ2n) is 4.10. The zero-order chi connectivity index (χ0) is 13.8. The van der Waals surface area contributed by atoms with E-state index in [1.54, 1.807) is 19.2 Å². The third kappa shape index (κ3) is 4.43. The minimum absolute atomic E-state index is 0.174. The highest BCUT2D eigenvalue weighted by Gasteiger charge is 2.28. The predicted molar refractivity (Wildman–Crippen MR) is 64.1 cm³/mol. The van der Waals surface area contributed by atoms with Crippen molar-refractivity contribution in [1.29, 1.82) is 0 Å². The molecule has 0 unspecified atom stereocenters. The summed E-state index contributed by atoms with van der Waals surface area (Å²) in [7, 11) is 1.86. The van der Waals surface area contributed by atoms with Crippen LogP contribution in [0.1, 0.15) is 19.0 Å². The largest absolute Gasteiger partial charge is 0.482 e. The van der Waals surface area contributed by atoms with Gasteiger partial charge in [0.05, 0.1) is 17.6 Å². The van der Waals surface area contributed by atoms with Gasteiger partial charge >= 0.3 is 6.18 Å². The first-order valence-electron chi connectivity index (χ1n) is 5.71. The molecule has 0 spiro atoms. The molecular weight excluding hydrogens is 245 g/mol. The topological polar surface area (TPSA) is 25.4 Å². The maximum absolute atomic E-state index is 12.1. The van der Waals surface area contributed by atoms with E-state index in [2.05, 4.69) is 4.98 Å². The van der Waals surface area contributed by atoms with Crippen LogP contribution in [0.4, 0.5) is 18.9 Å². The van der Waals surface area contributed by atoms with Gasteiger partial charge in [0.1, 0.15) is 5.75 Å². The molecule has 0 atom stereocenters. The fraction of sp³-hybridized carbons (Fsp3) is 0.583. The summed E-state index contributed by atoms with van der Waals surface area (Å²) in [5.41, 5.74) is 1.20. The van der Waals surface area contributed by atoms with E-state index in [4.69, 9.17) is 4.74 Å². The van der Waals surface area contributed by atoms with E-state index in [1.165, 1.54) is 0 Å². The van der Waals surface area contributed by atoms with Gasteiger partial charge in [-0.25, -0.2) is 0 Å². The number of pyridine rings is 1. The Labute approximate surface area is 105 Å². The lowest BCUT2D eigenvalue weighted by molar-refractivity contribution is -0.153. The quantitative estimate of drug-likeness (QED) is 0.815. The lowest BCUT2D eigenvalue weighted by Gasteiger charge is -2.19. The van der Waals surface area contributed by atoms with Crippen molar-refractivity contribution in [3.8, 4) is 5.75 Å². The number of nitrogens with zero attached hydrogens (tertiary/aromatic N) is 2. The average Bonchev–Trinajstić information content (AvgIpc) is 2.27. The van der Waals surface area contributed by atoms with E-state index < -0.39 is 12.8 Å². The standard InChI is InChI=1S/C12H17F3N2O/c1-4-5-17(3)10-6-11(9(2)16-7-10)18-8-12(13,14)15/h6-7H,4-5,8H2,1-3H3. The highest BCUT2D eigenvalue weighted by Crippen LogP contribution is 2.25. The number of alkyl halides is 3. The fourth-order valence-corrected chi connectivity index (χ4v) is 1.48. The molecule has 0 aromatic carbocycles. The van der Waals surface area contributed by atoms with Gasteiger partial charge in [0.15, 0.2) is 6.61 Å². The van der Waals surface area contributed by atoms with E-state index >= 15 is 0 Å². The van der Waals surface area contributed by atoms with Crippen molar-refractivity contribution in [2.24, 2.45) is 0 Å². The van der Waals surface area contributed by atoms with Gasteiger partial charge in [-0.05, 0) is 13.3 Å². The summed E-state index contributed by atoms with van der Waals surface area (Å²) in [4.78, 5) is 5.97. The molecule has 0 aliphatic rings. The lowest BCUT2D eigenvalue weighted by Crippen LogP contribution is -2.21. The number of rotatable bonds is 5. The molecule has 1 aromatic heterocycles. The van der Waals surface area contributed by atoms with Crippen LogP contribution in [0.2, 0.25) is 0 Å². The van der Waals surface area contributed by atoms with Crippen LogP contribution in [0.15, 0.2) is 12.3 Å². The maximum atomic E-state index is 12.1. The number of anilines is 1. The summed E-state index contributed by atoms with van der Waals surface area (Å²) in [5.74, 6) is 0.174. The van der Waals surface area contributed by atoms with Crippen LogP contribution >= 0.6 is 0 Å². The van der Waals surface area contributed by atoms with E-state index in [0.717, 1.165) is 18.7 Å². The summed E-state index contributed by atoms with van der Waals surface area (Å²) >= 11 is 0. The normalized spacial score (nSPS) is 11.4. The third-order valence-electron chi connectivity index (χ3n) is 2.42. The fourth-order valence-electron chi connectivity index (χ4n) is 1.48. The number of aromatic nitrogens is 1. The SMILES string of the molecule is CCCN(C)c1cnc(C)c(OCC(F)(F)F)c1. The summed E-state index contributed by atoms with van der Waals surface area (Å²) in [6.07, 6.45) is -1.76. The first-order chi connectivity index (χ1) is 8.33.